The molecule has 4 aromatic rings. The third-order valence-corrected chi connectivity index (χ3v) is 9.13. The summed E-state index contributed by atoms with van der Waals surface area (Å²) in [7, 11) is 2.03. The number of alkyl halides is 1. The zero-order valence-corrected chi connectivity index (χ0v) is 25.4. The number of aliphatic hydroxyl groups is 1. The average Bonchev–Trinajstić information content (AvgIpc) is 3.75. The number of nitrogen functional groups attached to an aromatic ring is 2. The van der Waals surface area contributed by atoms with Crippen LogP contribution >= 0.6 is 16.2 Å². The van der Waals surface area contributed by atoms with Gasteiger partial charge < -0.3 is 44.8 Å². The van der Waals surface area contributed by atoms with Gasteiger partial charge in [-0.25, -0.2) is 34.3 Å². The van der Waals surface area contributed by atoms with E-state index in [2.05, 4.69) is 29.9 Å². The van der Waals surface area contributed by atoms with E-state index in [0.717, 1.165) is 0 Å². The lowest BCUT2D eigenvalue weighted by molar-refractivity contribution is -0.110. The minimum absolute atomic E-state index is 0.0765. The molecule has 2 saturated heterocycles. The van der Waals surface area contributed by atoms with Crippen LogP contribution in [0.4, 0.5) is 16.0 Å². The molecular weight excluding hydrogens is 645 g/mol. The molecule has 6 N–H and O–H groups in total. The molecule has 18 nitrogen and oxygen atoms in total. The highest BCUT2D eigenvalue weighted by atomic mass is 32.5. The van der Waals surface area contributed by atoms with E-state index in [0.29, 0.717) is 17.5 Å². The standard InChI is InChI=1S/C22H27FN10O8P2S/c23-12-16(11(3-37-42)40-22(12)33-8-31-14-18(25)27-6-29-20(14)33)41-43(36,44)38-4-10-15(35)9(1-2-34)21(39-10)32-7-30-13-17(24)26-5-28-19(13)32/h2,5-12,15-16,21-22,35H,1,3-4,42H2,(H,36,44)(H2,24,26,28)(H2,25,27,29)/t9-,10-,11-,12-,15+,16-,21-,22-,43?/m1/s1. The van der Waals surface area contributed by atoms with E-state index in [4.69, 9.17) is 46.3 Å². The van der Waals surface area contributed by atoms with Gasteiger partial charge in [-0.2, -0.15) is 0 Å². The first-order valence-electron chi connectivity index (χ1n) is 13.0. The first-order chi connectivity index (χ1) is 21.1. The summed E-state index contributed by atoms with van der Waals surface area (Å²) in [4.78, 5) is 46.8. The number of rotatable bonds is 11. The van der Waals surface area contributed by atoms with E-state index in [1.807, 2.05) is 9.47 Å². The highest BCUT2D eigenvalue weighted by Crippen LogP contribution is 2.51. The van der Waals surface area contributed by atoms with Gasteiger partial charge in [0.1, 0.15) is 54.5 Å². The SMILES string of the molecule is Nc1ncnc2c1ncn2[C@@H]1O[C@H](COP)[C@@H](OP(O)(=S)OC[C@H]2O[C@@H](n3cnc4c(N)ncnc43)[C@H](CC=O)[C@@H]2O)[C@H]1F. The summed E-state index contributed by atoms with van der Waals surface area (Å²) in [5.74, 6) is -0.491. The van der Waals surface area contributed by atoms with Gasteiger partial charge in [-0.3, -0.25) is 13.7 Å². The van der Waals surface area contributed by atoms with Crippen molar-refractivity contribution in [3.63, 3.8) is 0 Å². The van der Waals surface area contributed by atoms with Crippen molar-refractivity contribution >= 4 is 68.2 Å². The fraction of sp³-hybridized carbons (Fsp3) is 0.500. The average molecular weight is 673 g/mol. The Bertz CT molecular complexity index is 1720. The minimum atomic E-state index is -4.18. The molecule has 2 aliphatic heterocycles. The zero-order valence-electron chi connectivity index (χ0n) is 22.5. The van der Waals surface area contributed by atoms with Gasteiger partial charge in [-0.05, 0) is 11.8 Å². The lowest BCUT2D eigenvalue weighted by Gasteiger charge is -2.25. The molecule has 2 aliphatic rings. The van der Waals surface area contributed by atoms with Crippen LogP contribution in [0, 0.1) is 5.92 Å². The third-order valence-electron chi connectivity index (χ3n) is 7.38. The number of anilines is 2. The Labute approximate surface area is 254 Å². The Morgan fingerprint density at radius 2 is 1.59 bits per heavy atom. The van der Waals surface area contributed by atoms with Gasteiger partial charge in [0.05, 0.1) is 32.0 Å². The van der Waals surface area contributed by atoms with Gasteiger partial charge >= 0.3 is 6.72 Å². The Morgan fingerprint density at radius 3 is 2.18 bits per heavy atom. The highest BCUT2D eigenvalue weighted by molar-refractivity contribution is 8.07. The van der Waals surface area contributed by atoms with Gasteiger partial charge in [0.25, 0.3) is 0 Å². The molecule has 0 spiro atoms. The van der Waals surface area contributed by atoms with Gasteiger partial charge in [0, 0.05) is 21.8 Å². The number of aromatic nitrogens is 8. The normalized spacial score (nSPS) is 30.3. The van der Waals surface area contributed by atoms with E-state index in [9.17, 15) is 14.8 Å². The van der Waals surface area contributed by atoms with Crippen molar-refractivity contribution in [1.29, 1.82) is 0 Å². The largest absolute Gasteiger partial charge is 0.390 e. The summed E-state index contributed by atoms with van der Waals surface area (Å²) in [5.41, 5.74) is 12.8. The third kappa shape index (κ3) is 5.66. The number of hydrogen-bond donors (Lipinski definition) is 4. The molecule has 6 rings (SSSR count). The number of hydrogen-bond acceptors (Lipinski definition) is 16. The molecule has 4 aromatic heterocycles. The molecule has 0 aliphatic carbocycles. The number of nitrogens with two attached hydrogens (primary N) is 2. The summed E-state index contributed by atoms with van der Waals surface area (Å²) in [6, 6.07) is 0. The molecule has 236 valence electrons. The predicted molar refractivity (Wildman–Crippen MR) is 155 cm³/mol. The van der Waals surface area contributed by atoms with E-state index < -0.39 is 62.3 Å². The first-order valence-corrected chi connectivity index (χ1v) is 16.1. The number of carbonyl (C=O) groups excluding carboxylic acids is 1. The van der Waals surface area contributed by atoms with Crippen molar-refractivity contribution in [2.45, 2.75) is 49.5 Å². The van der Waals surface area contributed by atoms with Crippen LogP contribution in [0.3, 0.4) is 0 Å². The maximum Gasteiger partial charge on any atom is 0.325 e. The van der Waals surface area contributed by atoms with Crippen molar-refractivity contribution in [3.05, 3.63) is 25.3 Å². The van der Waals surface area contributed by atoms with Crippen molar-refractivity contribution < 1.29 is 42.2 Å². The summed E-state index contributed by atoms with van der Waals surface area (Å²) < 4.78 is 46.9. The number of aldehydes is 1. The minimum Gasteiger partial charge on any atom is -0.390 e. The van der Waals surface area contributed by atoms with Crippen molar-refractivity contribution in [1.82, 2.24) is 39.0 Å². The van der Waals surface area contributed by atoms with Crippen LogP contribution < -0.4 is 11.5 Å². The fourth-order valence-electron chi connectivity index (χ4n) is 5.32. The fourth-order valence-corrected chi connectivity index (χ4v) is 6.95. The second kappa shape index (κ2) is 12.5. The smallest absolute Gasteiger partial charge is 0.325 e. The number of imidazole rings is 2. The number of carbonyl (C=O) groups is 1. The first kappa shape index (κ1) is 31.1. The maximum atomic E-state index is 15.9. The number of ether oxygens (including phenoxy) is 2. The second-order valence-corrected chi connectivity index (χ2v) is 13.1. The van der Waals surface area contributed by atoms with Crippen LogP contribution in [-0.2, 0) is 39.6 Å². The molecule has 6 heterocycles. The van der Waals surface area contributed by atoms with E-state index in [-0.39, 0.29) is 35.8 Å². The monoisotopic (exact) mass is 672 g/mol. The molecule has 0 radical (unpaired) electrons. The van der Waals surface area contributed by atoms with Crippen molar-refractivity contribution in [2.24, 2.45) is 5.92 Å². The van der Waals surface area contributed by atoms with Gasteiger partial charge in [0.15, 0.2) is 35.3 Å². The number of nitrogens with zero attached hydrogens (tertiary/aromatic N) is 8. The molecule has 2 unspecified atom stereocenters. The Hall–Kier alpha value is -2.90. The van der Waals surface area contributed by atoms with Crippen molar-refractivity contribution in [2.75, 3.05) is 24.7 Å². The quantitative estimate of drug-likeness (QED) is 0.121. The van der Waals surface area contributed by atoms with Gasteiger partial charge in [-0.15, -0.1) is 0 Å². The summed E-state index contributed by atoms with van der Waals surface area (Å²) in [6.07, 6.45) is -3.09. The Kier molecular flexibility index (Phi) is 8.82. The lowest BCUT2D eigenvalue weighted by Crippen LogP contribution is -2.34. The van der Waals surface area contributed by atoms with Crippen LogP contribution in [0.2, 0.25) is 0 Å². The van der Waals surface area contributed by atoms with Crippen LogP contribution in [0.15, 0.2) is 25.3 Å². The molecule has 0 saturated carbocycles. The topological polar surface area (TPSA) is 243 Å². The summed E-state index contributed by atoms with van der Waals surface area (Å²) in [5, 5.41) is 11.0. The summed E-state index contributed by atoms with van der Waals surface area (Å²) >= 11 is 5.20. The van der Waals surface area contributed by atoms with Crippen LogP contribution in [0.5, 0.6) is 0 Å². The maximum absolute atomic E-state index is 15.9. The van der Waals surface area contributed by atoms with Crippen LogP contribution in [-0.4, -0.2) is 99.1 Å². The highest BCUT2D eigenvalue weighted by Gasteiger charge is 2.50. The van der Waals surface area contributed by atoms with E-state index in [1.165, 1.54) is 34.4 Å². The van der Waals surface area contributed by atoms with Gasteiger partial charge in [0.2, 0.25) is 0 Å². The van der Waals surface area contributed by atoms with Crippen LogP contribution in [0.25, 0.3) is 22.3 Å². The molecule has 0 bridgehead atoms. The lowest BCUT2D eigenvalue weighted by atomic mass is 9.97. The molecule has 2 fully saturated rings. The molecule has 10 atom stereocenters. The number of aliphatic hydroxyl groups excluding tert-OH is 1. The van der Waals surface area contributed by atoms with E-state index >= 15 is 4.39 Å². The zero-order chi connectivity index (χ0) is 31.2. The summed E-state index contributed by atoms with van der Waals surface area (Å²) in [6.45, 7) is -4.77. The number of fused-ring (bicyclic) bond motifs is 2. The second-order valence-electron chi connectivity index (χ2n) is 9.97. The van der Waals surface area contributed by atoms with Gasteiger partial charge in [-0.1, -0.05) is 0 Å². The Balaban J connectivity index is 1.17. The molecule has 0 aromatic carbocycles. The number of halogens is 1. The van der Waals surface area contributed by atoms with Crippen LogP contribution in [0.1, 0.15) is 18.9 Å². The molecule has 44 heavy (non-hydrogen) atoms. The Morgan fingerprint density at radius 1 is 1.00 bits per heavy atom. The molecular formula is C22H27FN10O8P2S. The van der Waals surface area contributed by atoms with Crippen molar-refractivity contribution in [3.8, 4) is 0 Å². The molecule has 22 heteroatoms. The molecule has 0 amide bonds. The van der Waals surface area contributed by atoms with E-state index in [1.54, 1.807) is 0 Å². The predicted octanol–water partition coefficient (Wildman–Crippen LogP) is -0.0451.